The maximum atomic E-state index is 9.25. The molecule has 0 fully saturated rings. The predicted octanol–water partition coefficient (Wildman–Crippen LogP) is 1.17. The number of benzene rings is 1. The van der Waals surface area contributed by atoms with Gasteiger partial charge in [0, 0.05) is 11.1 Å². The second-order valence-electron chi connectivity index (χ2n) is 3.94. The zero-order chi connectivity index (χ0) is 12.3. The van der Waals surface area contributed by atoms with Crippen LogP contribution < -0.4 is 0 Å². The van der Waals surface area contributed by atoms with Crippen LogP contribution in [0.3, 0.4) is 0 Å². The molecule has 0 aliphatic rings. The molecule has 4 nitrogen and oxygen atoms in total. The van der Waals surface area contributed by atoms with Crippen LogP contribution in [0.1, 0.15) is 55.5 Å². The van der Waals surface area contributed by atoms with Crippen LogP contribution in [0.25, 0.3) is 0 Å². The number of rotatable bonds is 4. The molecule has 0 saturated heterocycles. The van der Waals surface area contributed by atoms with Crippen molar-refractivity contribution in [3.05, 3.63) is 34.9 Å². The Kier molecular flexibility index (Phi) is 4.44. The van der Waals surface area contributed by atoms with E-state index in [0.29, 0.717) is 5.56 Å². The number of aliphatic hydroxyl groups excluding tert-OH is 2. The van der Waals surface area contributed by atoms with Crippen LogP contribution in [0.2, 0.25) is 0 Å². The Morgan fingerprint density at radius 1 is 1.00 bits per heavy atom. The molecule has 1 rings (SSSR count). The maximum Gasteiger partial charge on any atom is 0.178 e. The molecular formula is C12H18O4. The fourth-order valence-corrected chi connectivity index (χ4v) is 1.65. The van der Waals surface area contributed by atoms with Crippen LogP contribution in [-0.2, 0) is 0 Å². The van der Waals surface area contributed by atoms with E-state index in [4.69, 9.17) is 10.2 Å². The minimum absolute atomic E-state index is 0.196. The summed E-state index contributed by atoms with van der Waals surface area (Å²) in [5, 5.41) is 36.5. The van der Waals surface area contributed by atoms with Gasteiger partial charge in [-0.2, -0.15) is 0 Å². The van der Waals surface area contributed by atoms with E-state index in [0.717, 1.165) is 12.0 Å². The van der Waals surface area contributed by atoms with E-state index in [1.54, 1.807) is 12.1 Å². The lowest BCUT2D eigenvalue weighted by atomic mass is 9.92. The van der Waals surface area contributed by atoms with Crippen LogP contribution in [0.4, 0.5) is 0 Å². The molecule has 0 bridgehead atoms. The Balaban J connectivity index is 3.19. The van der Waals surface area contributed by atoms with Gasteiger partial charge in [-0.05, 0) is 24.0 Å². The molecule has 1 aromatic carbocycles. The molecule has 16 heavy (non-hydrogen) atoms. The summed E-state index contributed by atoms with van der Waals surface area (Å²) in [6, 6.07) is 4.70. The van der Waals surface area contributed by atoms with Gasteiger partial charge in [-0.3, -0.25) is 0 Å². The van der Waals surface area contributed by atoms with E-state index in [1.807, 2.05) is 13.8 Å². The van der Waals surface area contributed by atoms with Gasteiger partial charge < -0.3 is 20.4 Å². The van der Waals surface area contributed by atoms with E-state index in [2.05, 4.69) is 0 Å². The van der Waals surface area contributed by atoms with E-state index >= 15 is 0 Å². The van der Waals surface area contributed by atoms with Crippen LogP contribution in [0.5, 0.6) is 0 Å². The Morgan fingerprint density at radius 2 is 1.62 bits per heavy atom. The zero-order valence-corrected chi connectivity index (χ0v) is 9.46. The third kappa shape index (κ3) is 2.80. The van der Waals surface area contributed by atoms with Gasteiger partial charge in [0.25, 0.3) is 0 Å². The van der Waals surface area contributed by atoms with E-state index in [-0.39, 0.29) is 11.5 Å². The third-order valence-electron chi connectivity index (χ3n) is 2.83. The Labute approximate surface area is 94.8 Å². The first-order valence-corrected chi connectivity index (χ1v) is 5.33. The van der Waals surface area contributed by atoms with Gasteiger partial charge in [-0.25, -0.2) is 0 Å². The topological polar surface area (TPSA) is 80.9 Å². The Hall–Kier alpha value is -0.940. The molecule has 4 heteroatoms. The Bertz CT molecular complexity index is 347. The summed E-state index contributed by atoms with van der Waals surface area (Å²) in [4.78, 5) is 0. The van der Waals surface area contributed by atoms with Gasteiger partial charge in [0.05, 0.1) is 0 Å². The van der Waals surface area contributed by atoms with Gasteiger partial charge >= 0.3 is 0 Å². The minimum atomic E-state index is -1.59. The predicted molar refractivity (Wildman–Crippen MR) is 59.5 cm³/mol. The summed E-state index contributed by atoms with van der Waals surface area (Å²) in [6.45, 7) is 3.99. The first-order valence-electron chi connectivity index (χ1n) is 5.33. The summed E-state index contributed by atoms with van der Waals surface area (Å²) in [5.41, 5.74) is 1.41. The highest BCUT2D eigenvalue weighted by Crippen LogP contribution is 2.28. The van der Waals surface area contributed by atoms with Gasteiger partial charge in [-0.15, -0.1) is 0 Å². The lowest BCUT2D eigenvalue weighted by Crippen LogP contribution is -2.06. The first kappa shape index (κ1) is 13.1. The van der Waals surface area contributed by atoms with Crippen LogP contribution in [0.15, 0.2) is 18.2 Å². The Morgan fingerprint density at radius 3 is 2.06 bits per heavy atom. The maximum absolute atomic E-state index is 9.25. The van der Waals surface area contributed by atoms with Crippen LogP contribution in [-0.4, -0.2) is 20.4 Å². The molecule has 0 aromatic heterocycles. The molecule has 0 amide bonds. The first-order chi connectivity index (χ1) is 7.47. The minimum Gasteiger partial charge on any atom is -0.364 e. The molecular weight excluding hydrogens is 208 g/mol. The van der Waals surface area contributed by atoms with Crippen molar-refractivity contribution in [1.82, 2.24) is 0 Å². The zero-order valence-electron chi connectivity index (χ0n) is 9.46. The second kappa shape index (κ2) is 5.41. The van der Waals surface area contributed by atoms with Gasteiger partial charge in [0.15, 0.2) is 12.6 Å². The third-order valence-corrected chi connectivity index (χ3v) is 2.83. The molecule has 4 N–H and O–H groups in total. The van der Waals surface area contributed by atoms with Crippen molar-refractivity contribution >= 4 is 0 Å². The fourth-order valence-electron chi connectivity index (χ4n) is 1.65. The fraction of sp³-hybridized carbons (Fsp3) is 0.500. The molecule has 0 radical (unpaired) electrons. The summed E-state index contributed by atoms with van der Waals surface area (Å²) in [6.07, 6.45) is -2.31. The summed E-state index contributed by atoms with van der Waals surface area (Å²) >= 11 is 0. The van der Waals surface area contributed by atoms with Crippen molar-refractivity contribution in [3.63, 3.8) is 0 Å². The highest BCUT2D eigenvalue weighted by molar-refractivity contribution is 5.35. The average molecular weight is 226 g/mol. The molecule has 0 heterocycles. The quantitative estimate of drug-likeness (QED) is 0.581. The van der Waals surface area contributed by atoms with Crippen molar-refractivity contribution in [2.75, 3.05) is 0 Å². The SMILES string of the molecule is CCC(C)c1ccc(C(O)O)cc1C(O)O. The second-order valence-corrected chi connectivity index (χ2v) is 3.94. The van der Waals surface area contributed by atoms with E-state index in [1.165, 1.54) is 6.07 Å². The van der Waals surface area contributed by atoms with Crippen molar-refractivity contribution < 1.29 is 20.4 Å². The summed E-state index contributed by atoms with van der Waals surface area (Å²) < 4.78 is 0. The highest BCUT2D eigenvalue weighted by Gasteiger charge is 2.16. The monoisotopic (exact) mass is 226 g/mol. The van der Waals surface area contributed by atoms with E-state index < -0.39 is 12.6 Å². The molecule has 0 saturated carbocycles. The lowest BCUT2D eigenvalue weighted by molar-refractivity contribution is -0.0480. The van der Waals surface area contributed by atoms with Crippen LogP contribution >= 0.6 is 0 Å². The molecule has 1 atom stereocenters. The normalized spacial score (nSPS) is 13.5. The average Bonchev–Trinajstić information content (AvgIpc) is 2.26. The van der Waals surface area contributed by atoms with E-state index in [9.17, 15) is 10.2 Å². The highest BCUT2D eigenvalue weighted by atomic mass is 16.5. The summed E-state index contributed by atoms with van der Waals surface area (Å²) in [5.74, 6) is 0.196. The van der Waals surface area contributed by atoms with Crippen molar-refractivity contribution in [1.29, 1.82) is 0 Å². The lowest BCUT2D eigenvalue weighted by Gasteiger charge is -2.18. The molecule has 90 valence electrons. The number of hydrogen-bond acceptors (Lipinski definition) is 4. The number of hydrogen-bond donors (Lipinski definition) is 4. The van der Waals surface area contributed by atoms with Gasteiger partial charge in [0.2, 0.25) is 0 Å². The largest absolute Gasteiger partial charge is 0.364 e. The van der Waals surface area contributed by atoms with Gasteiger partial charge in [0.1, 0.15) is 0 Å². The summed E-state index contributed by atoms with van der Waals surface area (Å²) in [7, 11) is 0. The smallest absolute Gasteiger partial charge is 0.178 e. The molecule has 0 spiro atoms. The standard InChI is InChI=1S/C12H18O4/c1-3-7(2)9-5-4-8(11(13)14)6-10(9)12(15)16/h4-7,11-16H,3H2,1-2H3. The number of aliphatic hydroxyl groups is 4. The van der Waals surface area contributed by atoms with Gasteiger partial charge in [-0.1, -0.05) is 26.0 Å². The molecule has 1 unspecified atom stereocenters. The van der Waals surface area contributed by atoms with Crippen LogP contribution in [0, 0.1) is 0 Å². The van der Waals surface area contributed by atoms with Crippen molar-refractivity contribution in [3.8, 4) is 0 Å². The molecule has 0 aliphatic carbocycles. The molecule has 1 aromatic rings. The van der Waals surface area contributed by atoms with Crippen molar-refractivity contribution in [2.45, 2.75) is 38.8 Å². The van der Waals surface area contributed by atoms with Crippen molar-refractivity contribution in [2.24, 2.45) is 0 Å². The molecule has 0 aliphatic heterocycles.